The quantitative estimate of drug-likeness (QED) is 0.584. The van der Waals surface area contributed by atoms with E-state index in [2.05, 4.69) is 23.2 Å². The number of carbonyl (C=O) groups is 1. The lowest BCUT2D eigenvalue weighted by atomic mass is 9.75. The van der Waals surface area contributed by atoms with Gasteiger partial charge in [-0.1, -0.05) is 50.3 Å². The van der Waals surface area contributed by atoms with Crippen LogP contribution < -0.4 is 4.90 Å². The summed E-state index contributed by atoms with van der Waals surface area (Å²) < 4.78 is 0. The van der Waals surface area contributed by atoms with Gasteiger partial charge in [0.2, 0.25) is 5.82 Å². The van der Waals surface area contributed by atoms with Crippen LogP contribution in [0.4, 0.5) is 11.5 Å². The standard InChI is InChI=1S/C22H23N3O3/c1-22(2)13-18-17(20(26)14-22)12-19(25(27)28)21(23-18)24-10-8-16(9-11-24)15-6-4-3-5-7-15/h3-8,12H,9-11,13-14H2,1-2H3. The normalized spacial score (nSPS) is 18.4. The van der Waals surface area contributed by atoms with Crippen molar-refractivity contribution in [2.24, 2.45) is 5.41 Å². The SMILES string of the molecule is CC1(C)CC(=O)c2cc([N+](=O)[O-])c(N3CC=C(c4ccccc4)CC3)nc2C1. The highest BCUT2D eigenvalue weighted by Gasteiger charge is 2.35. The maximum Gasteiger partial charge on any atom is 0.312 e. The van der Waals surface area contributed by atoms with Crippen molar-refractivity contribution in [2.45, 2.75) is 33.1 Å². The van der Waals surface area contributed by atoms with Crippen molar-refractivity contribution in [1.29, 1.82) is 0 Å². The van der Waals surface area contributed by atoms with E-state index < -0.39 is 4.92 Å². The van der Waals surface area contributed by atoms with Gasteiger partial charge in [-0.25, -0.2) is 4.98 Å². The Morgan fingerprint density at radius 1 is 1.18 bits per heavy atom. The Bertz CT molecular complexity index is 980. The summed E-state index contributed by atoms with van der Waals surface area (Å²) in [5.41, 5.74) is 3.26. The Morgan fingerprint density at radius 2 is 1.93 bits per heavy atom. The molecule has 0 spiro atoms. The Labute approximate surface area is 164 Å². The number of nitro groups is 1. The van der Waals surface area contributed by atoms with Crippen LogP contribution in [0.15, 0.2) is 42.5 Å². The molecule has 6 nitrogen and oxygen atoms in total. The number of fused-ring (bicyclic) bond motifs is 1. The minimum Gasteiger partial charge on any atom is -0.347 e. The molecule has 0 radical (unpaired) electrons. The van der Waals surface area contributed by atoms with Gasteiger partial charge in [-0.05, 0) is 29.4 Å². The number of hydrogen-bond acceptors (Lipinski definition) is 5. The van der Waals surface area contributed by atoms with Crippen molar-refractivity contribution in [1.82, 2.24) is 4.98 Å². The van der Waals surface area contributed by atoms with Crippen LogP contribution >= 0.6 is 0 Å². The van der Waals surface area contributed by atoms with Crippen LogP contribution in [0.3, 0.4) is 0 Å². The first kappa shape index (κ1) is 18.3. The van der Waals surface area contributed by atoms with Crippen LogP contribution in [0.1, 0.15) is 48.3 Å². The van der Waals surface area contributed by atoms with E-state index in [4.69, 9.17) is 0 Å². The Balaban J connectivity index is 1.69. The van der Waals surface area contributed by atoms with Gasteiger partial charge in [-0.3, -0.25) is 14.9 Å². The maximum absolute atomic E-state index is 12.5. The first-order chi connectivity index (χ1) is 13.3. The lowest BCUT2D eigenvalue weighted by molar-refractivity contribution is -0.384. The van der Waals surface area contributed by atoms with E-state index in [1.165, 1.54) is 17.2 Å². The second-order valence-corrected chi connectivity index (χ2v) is 8.31. The number of hydrogen-bond donors (Lipinski definition) is 0. The fraction of sp³-hybridized carbons (Fsp3) is 0.364. The topological polar surface area (TPSA) is 76.3 Å². The second kappa shape index (κ2) is 6.86. The average Bonchev–Trinajstić information content (AvgIpc) is 2.67. The predicted molar refractivity (Wildman–Crippen MR) is 109 cm³/mol. The Kier molecular flexibility index (Phi) is 4.49. The zero-order chi connectivity index (χ0) is 19.9. The molecule has 6 heteroatoms. The minimum atomic E-state index is -0.425. The number of anilines is 1. The Morgan fingerprint density at radius 3 is 2.57 bits per heavy atom. The van der Waals surface area contributed by atoms with E-state index in [0.717, 1.165) is 6.42 Å². The number of pyridine rings is 1. The van der Waals surface area contributed by atoms with Crippen LogP contribution in [0.5, 0.6) is 0 Å². The van der Waals surface area contributed by atoms with E-state index >= 15 is 0 Å². The third-order valence-electron chi connectivity index (χ3n) is 5.50. The van der Waals surface area contributed by atoms with Crippen molar-refractivity contribution in [3.05, 3.63) is 69.4 Å². The van der Waals surface area contributed by atoms with E-state index in [1.54, 1.807) is 0 Å². The highest BCUT2D eigenvalue weighted by molar-refractivity contribution is 5.99. The first-order valence-electron chi connectivity index (χ1n) is 9.55. The largest absolute Gasteiger partial charge is 0.347 e. The monoisotopic (exact) mass is 377 g/mol. The Hall–Kier alpha value is -3.02. The number of Topliss-reactive ketones (excluding diaryl/α,β-unsaturated/α-hetero) is 1. The van der Waals surface area contributed by atoms with Crippen molar-refractivity contribution in [3.63, 3.8) is 0 Å². The van der Waals surface area contributed by atoms with Crippen LogP contribution in [0.25, 0.3) is 5.57 Å². The van der Waals surface area contributed by atoms with Crippen LogP contribution in [-0.2, 0) is 6.42 Å². The fourth-order valence-electron chi connectivity index (χ4n) is 4.09. The van der Waals surface area contributed by atoms with E-state index in [9.17, 15) is 14.9 Å². The lowest BCUT2D eigenvalue weighted by Gasteiger charge is -2.32. The number of carbonyl (C=O) groups excluding carboxylic acids is 1. The van der Waals surface area contributed by atoms with Gasteiger partial charge in [0.05, 0.1) is 10.6 Å². The van der Waals surface area contributed by atoms with Gasteiger partial charge in [-0.2, -0.15) is 0 Å². The average molecular weight is 377 g/mol. The molecule has 1 aromatic carbocycles. The van der Waals surface area contributed by atoms with Crippen molar-refractivity contribution in [3.8, 4) is 0 Å². The highest BCUT2D eigenvalue weighted by Crippen LogP contribution is 2.39. The minimum absolute atomic E-state index is 0.0571. The summed E-state index contributed by atoms with van der Waals surface area (Å²) in [5.74, 6) is 0.316. The van der Waals surface area contributed by atoms with Crippen LogP contribution in [0.2, 0.25) is 0 Å². The van der Waals surface area contributed by atoms with E-state index in [0.29, 0.717) is 43.0 Å². The second-order valence-electron chi connectivity index (χ2n) is 8.31. The number of rotatable bonds is 3. The maximum atomic E-state index is 12.5. The van der Waals surface area contributed by atoms with Gasteiger partial charge in [0.1, 0.15) is 0 Å². The summed E-state index contributed by atoms with van der Waals surface area (Å²) in [5, 5.41) is 11.7. The molecule has 0 fully saturated rings. The van der Waals surface area contributed by atoms with E-state index in [-0.39, 0.29) is 16.9 Å². The molecule has 0 unspecified atom stereocenters. The summed E-state index contributed by atoms with van der Waals surface area (Å²) in [4.78, 5) is 30.3. The summed E-state index contributed by atoms with van der Waals surface area (Å²) >= 11 is 0. The molecule has 0 atom stereocenters. The molecule has 2 aromatic rings. The van der Waals surface area contributed by atoms with Gasteiger partial charge < -0.3 is 4.90 Å². The molecule has 0 amide bonds. The summed E-state index contributed by atoms with van der Waals surface area (Å²) in [6, 6.07) is 11.6. The molecule has 28 heavy (non-hydrogen) atoms. The first-order valence-corrected chi connectivity index (χ1v) is 9.55. The number of benzene rings is 1. The molecule has 0 bridgehead atoms. The molecule has 2 aliphatic rings. The summed E-state index contributed by atoms with van der Waals surface area (Å²) in [6.07, 6.45) is 3.95. The number of ketones is 1. The van der Waals surface area contributed by atoms with Gasteiger partial charge in [0, 0.05) is 31.1 Å². The third-order valence-corrected chi connectivity index (χ3v) is 5.50. The van der Waals surface area contributed by atoms with Crippen LogP contribution in [-0.4, -0.2) is 28.8 Å². The zero-order valence-corrected chi connectivity index (χ0v) is 16.1. The molecule has 1 aromatic heterocycles. The van der Waals surface area contributed by atoms with Gasteiger partial charge in [-0.15, -0.1) is 0 Å². The molecule has 144 valence electrons. The molecular formula is C22H23N3O3. The smallest absolute Gasteiger partial charge is 0.312 e. The predicted octanol–water partition coefficient (Wildman–Crippen LogP) is 4.44. The van der Waals surface area contributed by atoms with Gasteiger partial charge in [0.25, 0.3) is 0 Å². The van der Waals surface area contributed by atoms with Gasteiger partial charge in [0.15, 0.2) is 5.78 Å². The van der Waals surface area contributed by atoms with Crippen LogP contribution in [0, 0.1) is 15.5 Å². The fourth-order valence-corrected chi connectivity index (χ4v) is 4.09. The lowest BCUT2D eigenvalue weighted by Crippen LogP contribution is -2.32. The highest BCUT2D eigenvalue weighted by atomic mass is 16.6. The number of nitrogens with zero attached hydrogens (tertiary/aromatic N) is 3. The molecule has 1 aliphatic heterocycles. The zero-order valence-electron chi connectivity index (χ0n) is 16.1. The summed E-state index contributed by atoms with van der Waals surface area (Å²) in [7, 11) is 0. The van der Waals surface area contributed by atoms with Crippen molar-refractivity contribution >= 4 is 22.9 Å². The third kappa shape index (κ3) is 3.42. The van der Waals surface area contributed by atoms with Crippen molar-refractivity contribution in [2.75, 3.05) is 18.0 Å². The molecule has 4 rings (SSSR count). The van der Waals surface area contributed by atoms with Gasteiger partial charge >= 0.3 is 5.69 Å². The molecule has 0 saturated heterocycles. The molecule has 1 aliphatic carbocycles. The van der Waals surface area contributed by atoms with Crippen molar-refractivity contribution < 1.29 is 9.72 Å². The molecule has 2 heterocycles. The molecule has 0 saturated carbocycles. The summed E-state index contributed by atoms with van der Waals surface area (Å²) in [6.45, 7) is 5.29. The molecule has 0 N–H and O–H groups in total. The number of aromatic nitrogens is 1. The molecular weight excluding hydrogens is 354 g/mol. The van der Waals surface area contributed by atoms with E-state index in [1.807, 2.05) is 36.9 Å².